The molecule has 1 saturated heterocycles. The summed E-state index contributed by atoms with van der Waals surface area (Å²) in [6, 6.07) is 9.47. The van der Waals surface area contributed by atoms with Crippen molar-refractivity contribution in [2.24, 2.45) is 5.92 Å². The molecule has 0 saturated carbocycles. The highest BCUT2D eigenvalue weighted by atomic mass is 19.1. The summed E-state index contributed by atoms with van der Waals surface area (Å²) in [6.45, 7) is 1.50. The summed E-state index contributed by atoms with van der Waals surface area (Å²) < 4.78 is 16.0. The number of hydrogen-bond donors (Lipinski definition) is 3. The molecule has 3 aromatic rings. The van der Waals surface area contributed by atoms with E-state index in [2.05, 4.69) is 10.3 Å². The second-order valence-electron chi connectivity index (χ2n) is 7.62. The largest absolute Gasteiger partial charge is 0.464 e. The molecule has 0 unspecified atom stereocenters. The summed E-state index contributed by atoms with van der Waals surface area (Å²) in [4.78, 5) is 30.0. The lowest BCUT2D eigenvalue weighted by atomic mass is 9.98. The number of fused-ring (bicyclic) bond motifs is 1. The highest BCUT2D eigenvalue weighted by Gasteiger charge is 2.23. The predicted molar refractivity (Wildman–Crippen MR) is 114 cm³/mol. The Bertz CT molecular complexity index is 1150. The van der Waals surface area contributed by atoms with Crippen molar-refractivity contribution in [1.82, 2.24) is 14.9 Å². The van der Waals surface area contributed by atoms with Crippen molar-refractivity contribution in [2.75, 3.05) is 31.6 Å². The van der Waals surface area contributed by atoms with Crippen LogP contribution in [0.4, 0.5) is 15.0 Å². The number of halogens is 1. The highest BCUT2D eigenvalue weighted by molar-refractivity contribution is 6.01. The van der Waals surface area contributed by atoms with E-state index in [0.29, 0.717) is 29.9 Å². The van der Waals surface area contributed by atoms with Crippen molar-refractivity contribution in [3.8, 4) is 11.3 Å². The summed E-state index contributed by atoms with van der Waals surface area (Å²) in [5, 5.41) is 22.1. The van der Waals surface area contributed by atoms with Crippen LogP contribution in [0.25, 0.3) is 22.2 Å². The topological polar surface area (TPSA) is 108 Å². The van der Waals surface area contributed by atoms with Crippen molar-refractivity contribution < 1.29 is 24.2 Å². The first-order chi connectivity index (χ1) is 14.9. The van der Waals surface area contributed by atoms with Gasteiger partial charge < -0.3 is 20.4 Å². The number of hydrogen-bond acceptors (Lipinski definition) is 5. The molecular weight excluding hydrogens is 403 g/mol. The molecule has 0 aliphatic carbocycles. The Morgan fingerprint density at radius 1 is 1.19 bits per heavy atom. The lowest BCUT2D eigenvalue weighted by Crippen LogP contribution is -2.35. The van der Waals surface area contributed by atoms with Gasteiger partial charge in [-0.1, -0.05) is 6.07 Å². The fourth-order valence-electron chi connectivity index (χ4n) is 4.03. The molecule has 162 valence electrons. The predicted octanol–water partition coefficient (Wildman–Crippen LogP) is 2.94. The number of nitrogens with zero attached hydrogens (tertiary/aromatic N) is 3. The van der Waals surface area contributed by atoms with E-state index >= 15 is 4.39 Å². The van der Waals surface area contributed by atoms with Gasteiger partial charge in [0.1, 0.15) is 5.82 Å². The van der Waals surface area contributed by atoms with E-state index in [0.717, 1.165) is 17.4 Å². The Labute approximate surface area is 177 Å². The van der Waals surface area contributed by atoms with Gasteiger partial charge in [-0.25, -0.2) is 14.3 Å². The van der Waals surface area contributed by atoms with Crippen molar-refractivity contribution in [2.45, 2.75) is 12.8 Å². The quantitative estimate of drug-likeness (QED) is 0.554. The summed E-state index contributed by atoms with van der Waals surface area (Å²) >= 11 is 0. The van der Waals surface area contributed by atoms with Gasteiger partial charge in [0, 0.05) is 37.7 Å². The molecule has 4 rings (SSSR count). The number of carbonyl (C=O) groups excluding carboxylic acids is 1. The second-order valence-corrected chi connectivity index (χ2v) is 7.62. The fourth-order valence-corrected chi connectivity index (χ4v) is 4.03. The number of aliphatic hydroxyl groups is 1. The maximum Gasteiger partial charge on any atom is 0.416 e. The number of carboxylic acid groups (broad SMARTS) is 1. The van der Waals surface area contributed by atoms with Crippen molar-refractivity contribution in [1.29, 1.82) is 0 Å². The lowest BCUT2D eigenvalue weighted by Gasteiger charge is -2.32. The van der Waals surface area contributed by atoms with Gasteiger partial charge in [-0.3, -0.25) is 4.79 Å². The van der Waals surface area contributed by atoms with Gasteiger partial charge in [0.05, 0.1) is 16.8 Å². The van der Waals surface area contributed by atoms with E-state index in [4.69, 9.17) is 0 Å². The van der Waals surface area contributed by atoms with Crippen molar-refractivity contribution >= 4 is 28.7 Å². The van der Waals surface area contributed by atoms with Crippen LogP contribution >= 0.6 is 0 Å². The number of aromatic nitrogens is 2. The van der Waals surface area contributed by atoms with Gasteiger partial charge in [-0.15, -0.1) is 0 Å². The van der Waals surface area contributed by atoms with Gasteiger partial charge in [-0.2, -0.15) is 4.39 Å². The SMILES string of the molecule is CNC(=O)c1ccc2cc(-c3ccc(N4CCC(CO)CC4)nc3F)n(C(=O)O)c2c1. The maximum atomic E-state index is 15.0. The molecule has 1 aliphatic rings. The molecule has 2 aromatic heterocycles. The van der Waals surface area contributed by atoms with E-state index in [-0.39, 0.29) is 35.2 Å². The Balaban J connectivity index is 1.73. The van der Waals surface area contributed by atoms with Crippen LogP contribution in [-0.2, 0) is 0 Å². The summed E-state index contributed by atoms with van der Waals surface area (Å²) in [6.07, 6.45) is 0.332. The smallest absolute Gasteiger partial charge is 0.416 e. The number of aliphatic hydroxyl groups excluding tert-OH is 1. The van der Waals surface area contributed by atoms with E-state index in [1.54, 1.807) is 24.3 Å². The number of pyridine rings is 1. The first-order valence-electron chi connectivity index (χ1n) is 10.1. The second kappa shape index (κ2) is 8.35. The van der Waals surface area contributed by atoms with Gasteiger partial charge in [0.2, 0.25) is 5.95 Å². The fraction of sp³-hybridized carbons (Fsp3) is 0.318. The minimum absolute atomic E-state index is 0.0640. The molecule has 1 fully saturated rings. The first-order valence-corrected chi connectivity index (χ1v) is 10.1. The Kier molecular flexibility index (Phi) is 5.60. The van der Waals surface area contributed by atoms with Crippen LogP contribution in [0.1, 0.15) is 23.2 Å². The van der Waals surface area contributed by atoms with Crippen LogP contribution in [0.15, 0.2) is 36.4 Å². The summed E-state index contributed by atoms with van der Waals surface area (Å²) in [5.41, 5.74) is 0.807. The minimum atomic E-state index is -1.28. The van der Waals surface area contributed by atoms with E-state index < -0.39 is 12.0 Å². The first kappa shape index (κ1) is 20.8. The lowest BCUT2D eigenvalue weighted by molar-refractivity contribution is 0.0963. The third-order valence-corrected chi connectivity index (χ3v) is 5.79. The van der Waals surface area contributed by atoms with Gasteiger partial charge >= 0.3 is 6.09 Å². The normalized spacial score (nSPS) is 14.7. The zero-order valence-electron chi connectivity index (χ0n) is 17.0. The Morgan fingerprint density at radius 2 is 1.94 bits per heavy atom. The van der Waals surface area contributed by atoms with Gasteiger partial charge in [0.25, 0.3) is 5.91 Å². The molecule has 31 heavy (non-hydrogen) atoms. The average molecular weight is 426 g/mol. The summed E-state index contributed by atoms with van der Waals surface area (Å²) in [5.74, 6) is -0.369. The van der Waals surface area contributed by atoms with E-state index in [1.165, 1.54) is 19.2 Å². The standard InChI is InChI=1S/C22H23FN4O4/c1-24-21(29)15-3-2-14-10-18(27(22(30)31)17(14)11-15)16-4-5-19(25-20(16)23)26-8-6-13(12-28)7-9-26/h2-5,10-11,13,28H,6-9,12H2,1H3,(H,24,29)(H,30,31). The molecule has 0 atom stereocenters. The molecule has 1 aromatic carbocycles. The van der Waals surface area contributed by atoms with Crippen molar-refractivity contribution in [3.05, 3.63) is 47.9 Å². The molecule has 0 radical (unpaired) electrons. The number of piperidine rings is 1. The molecule has 3 heterocycles. The number of amides is 1. The van der Waals surface area contributed by atoms with Crippen LogP contribution < -0.4 is 10.2 Å². The average Bonchev–Trinajstić information content (AvgIpc) is 3.17. The number of rotatable bonds is 4. The molecule has 1 amide bonds. The third-order valence-electron chi connectivity index (χ3n) is 5.79. The molecule has 8 nitrogen and oxygen atoms in total. The molecule has 0 spiro atoms. The molecule has 1 aliphatic heterocycles. The molecule has 9 heteroatoms. The zero-order valence-corrected chi connectivity index (χ0v) is 17.0. The van der Waals surface area contributed by atoms with Crippen molar-refractivity contribution in [3.63, 3.8) is 0 Å². The zero-order chi connectivity index (χ0) is 22.1. The van der Waals surface area contributed by atoms with E-state index in [1.807, 2.05) is 4.90 Å². The maximum absolute atomic E-state index is 15.0. The Morgan fingerprint density at radius 3 is 2.55 bits per heavy atom. The van der Waals surface area contributed by atoms with Crippen LogP contribution in [-0.4, -0.2) is 58.5 Å². The van der Waals surface area contributed by atoms with Gasteiger partial charge in [0.15, 0.2) is 0 Å². The van der Waals surface area contributed by atoms with Crippen LogP contribution in [0, 0.1) is 11.9 Å². The molecular formula is C22H23FN4O4. The number of carbonyl (C=O) groups is 2. The highest BCUT2D eigenvalue weighted by Crippen LogP contribution is 2.32. The van der Waals surface area contributed by atoms with Crippen LogP contribution in [0.5, 0.6) is 0 Å². The van der Waals surface area contributed by atoms with Gasteiger partial charge in [-0.05, 0) is 49.1 Å². The van der Waals surface area contributed by atoms with Crippen LogP contribution in [0.3, 0.4) is 0 Å². The third kappa shape index (κ3) is 3.84. The number of nitrogens with one attached hydrogen (secondary N) is 1. The summed E-state index contributed by atoms with van der Waals surface area (Å²) in [7, 11) is 1.49. The molecule has 3 N–H and O–H groups in total. The number of anilines is 1. The van der Waals surface area contributed by atoms with Crippen LogP contribution in [0.2, 0.25) is 0 Å². The molecule has 0 bridgehead atoms. The monoisotopic (exact) mass is 426 g/mol. The minimum Gasteiger partial charge on any atom is -0.464 e. The van der Waals surface area contributed by atoms with E-state index in [9.17, 15) is 19.8 Å². The number of benzene rings is 1. The Hall–Kier alpha value is -3.46.